The third-order valence-corrected chi connectivity index (χ3v) is 3.52. The summed E-state index contributed by atoms with van der Waals surface area (Å²) in [6.45, 7) is 2.28. The zero-order chi connectivity index (χ0) is 10.7. The maximum atomic E-state index is 9.67. The number of phenolic OH excluding ortho intramolecular Hbond substituents is 1. The van der Waals surface area contributed by atoms with Crippen LogP contribution in [0.15, 0.2) is 22.7 Å². The summed E-state index contributed by atoms with van der Waals surface area (Å²) in [6, 6.07) is 5.64. The number of aromatic hydroxyl groups is 1. The molecular formula is C12H16BrNO. The van der Waals surface area contributed by atoms with Gasteiger partial charge in [-0.3, -0.25) is 0 Å². The number of benzene rings is 1. The van der Waals surface area contributed by atoms with Crippen molar-refractivity contribution in [3.8, 4) is 5.75 Å². The molecule has 0 radical (unpaired) electrons. The molecule has 0 spiro atoms. The van der Waals surface area contributed by atoms with Gasteiger partial charge in [-0.15, -0.1) is 0 Å². The average Bonchev–Trinajstić information content (AvgIpc) is 2.72. The molecule has 1 aliphatic heterocycles. The normalized spacial score (nSPS) is 20.7. The third kappa shape index (κ3) is 2.95. The molecule has 1 aromatic carbocycles. The van der Waals surface area contributed by atoms with Crippen LogP contribution in [-0.4, -0.2) is 18.2 Å². The molecule has 1 unspecified atom stereocenters. The highest BCUT2D eigenvalue weighted by atomic mass is 79.9. The monoisotopic (exact) mass is 269 g/mol. The standard InChI is InChI=1S/C12H16BrNO/c13-11-3-4-12(15)10(7-11)2-1-9-5-6-14-8-9/h3-4,7,9,14-15H,1-2,5-6,8H2. The van der Waals surface area contributed by atoms with E-state index in [0.29, 0.717) is 5.75 Å². The van der Waals surface area contributed by atoms with E-state index >= 15 is 0 Å². The molecule has 0 bridgehead atoms. The van der Waals surface area contributed by atoms with Crippen LogP contribution in [0.25, 0.3) is 0 Å². The van der Waals surface area contributed by atoms with Crippen LogP contribution in [-0.2, 0) is 6.42 Å². The predicted molar refractivity (Wildman–Crippen MR) is 65.1 cm³/mol. The van der Waals surface area contributed by atoms with Gasteiger partial charge in [0.2, 0.25) is 0 Å². The second-order valence-corrected chi connectivity index (χ2v) is 5.09. The van der Waals surface area contributed by atoms with Gasteiger partial charge in [0.1, 0.15) is 5.75 Å². The van der Waals surface area contributed by atoms with Crippen LogP contribution < -0.4 is 5.32 Å². The van der Waals surface area contributed by atoms with Crippen LogP contribution in [0.3, 0.4) is 0 Å². The largest absolute Gasteiger partial charge is 0.508 e. The van der Waals surface area contributed by atoms with E-state index in [1.54, 1.807) is 6.07 Å². The molecule has 2 nitrogen and oxygen atoms in total. The Morgan fingerprint density at radius 2 is 2.33 bits per heavy atom. The first kappa shape index (κ1) is 11.0. The van der Waals surface area contributed by atoms with Gasteiger partial charge >= 0.3 is 0 Å². The van der Waals surface area contributed by atoms with Gasteiger partial charge in [0, 0.05) is 4.47 Å². The molecule has 1 atom stereocenters. The second-order valence-electron chi connectivity index (χ2n) is 4.17. The quantitative estimate of drug-likeness (QED) is 0.885. The Bertz CT molecular complexity index is 334. The predicted octanol–water partition coefficient (Wildman–Crippen LogP) is 2.70. The summed E-state index contributed by atoms with van der Waals surface area (Å²) in [6.07, 6.45) is 3.41. The molecule has 1 saturated heterocycles. The summed E-state index contributed by atoms with van der Waals surface area (Å²) in [7, 11) is 0. The lowest BCUT2D eigenvalue weighted by Crippen LogP contribution is -2.09. The second kappa shape index (κ2) is 4.99. The molecule has 3 heteroatoms. The summed E-state index contributed by atoms with van der Waals surface area (Å²) in [4.78, 5) is 0. The van der Waals surface area contributed by atoms with Crippen molar-refractivity contribution in [2.45, 2.75) is 19.3 Å². The topological polar surface area (TPSA) is 32.3 Å². The first-order valence-electron chi connectivity index (χ1n) is 5.44. The van der Waals surface area contributed by atoms with E-state index in [-0.39, 0.29) is 0 Å². The summed E-state index contributed by atoms with van der Waals surface area (Å²) in [5, 5.41) is 13.0. The Balaban J connectivity index is 1.94. The highest BCUT2D eigenvalue weighted by molar-refractivity contribution is 9.10. The molecule has 1 aromatic rings. The van der Waals surface area contributed by atoms with Crippen molar-refractivity contribution in [2.75, 3.05) is 13.1 Å². The molecule has 1 aliphatic rings. The van der Waals surface area contributed by atoms with E-state index < -0.39 is 0 Å². The maximum Gasteiger partial charge on any atom is 0.118 e. The van der Waals surface area contributed by atoms with Crippen LogP contribution in [0.5, 0.6) is 5.75 Å². The van der Waals surface area contributed by atoms with Crippen molar-refractivity contribution in [1.29, 1.82) is 0 Å². The first-order valence-corrected chi connectivity index (χ1v) is 6.23. The van der Waals surface area contributed by atoms with Crippen molar-refractivity contribution >= 4 is 15.9 Å². The number of phenols is 1. The van der Waals surface area contributed by atoms with Gasteiger partial charge in [-0.25, -0.2) is 0 Å². The number of hydrogen-bond donors (Lipinski definition) is 2. The zero-order valence-electron chi connectivity index (χ0n) is 8.67. The molecule has 0 saturated carbocycles. The molecule has 2 rings (SSSR count). The number of rotatable bonds is 3. The van der Waals surface area contributed by atoms with E-state index in [0.717, 1.165) is 41.9 Å². The van der Waals surface area contributed by atoms with E-state index in [4.69, 9.17) is 0 Å². The highest BCUT2D eigenvalue weighted by Crippen LogP contribution is 2.25. The fourth-order valence-corrected chi connectivity index (χ4v) is 2.48. The molecule has 0 amide bonds. The third-order valence-electron chi connectivity index (χ3n) is 3.03. The van der Waals surface area contributed by atoms with Gasteiger partial charge in [-0.1, -0.05) is 15.9 Å². The molecule has 82 valence electrons. The van der Waals surface area contributed by atoms with E-state index in [9.17, 15) is 5.11 Å². The van der Waals surface area contributed by atoms with Crippen molar-refractivity contribution < 1.29 is 5.11 Å². The Hall–Kier alpha value is -0.540. The van der Waals surface area contributed by atoms with Gasteiger partial charge < -0.3 is 10.4 Å². The van der Waals surface area contributed by atoms with Crippen LogP contribution in [0.2, 0.25) is 0 Å². The lowest BCUT2D eigenvalue weighted by Gasteiger charge is -2.09. The molecule has 0 aromatic heterocycles. The zero-order valence-corrected chi connectivity index (χ0v) is 10.3. The smallest absolute Gasteiger partial charge is 0.118 e. The van der Waals surface area contributed by atoms with E-state index in [1.165, 1.54) is 6.42 Å². The number of nitrogens with one attached hydrogen (secondary N) is 1. The van der Waals surface area contributed by atoms with Gasteiger partial charge in [0.05, 0.1) is 0 Å². The van der Waals surface area contributed by atoms with E-state index in [1.807, 2.05) is 12.1 Å². The fourth-order valence-electron chi connectivity index (χ4n) is 2.07. The average molecular weight is 270 g/mol. The molecule has 2 N–H and O–H groups in total. The number of halogens is 1. The van der Waals surface area contributed by atoms with Crippen LogP contribution in [0.1, 0.15) is 18.4 Å². The van der Waals surface area contributed by atoms with Crippen molar-refractivity contribution in [3.63, 3.8) is 0 Å². The molecule has 15 heavy (non-hydrogen) atoms. The minimum atomic E-state index is 0.421. The Labute approximate surface area is 98.8 Å². The van der Waals surface area contributed by atoms with E-state index in [2.05, 4.69) is 21.2 Å². The molecule has 1 fully saturated rings. The fraction of sp³-hybridized carbons (Fsp3) is 0.500. The maximum absolute atomic E-state index is 9.67. The van der Waals surface area contributed by atoms with Crippen molar-refractivity contribution in [3.05, 3.63) is 28.2 Å². The lowest BCUT2D eigenvalue weighted by atomic mass is 9.98. The van der Waals surface area contributed by atoms with Crippen LogP contribution >= 0.6 is 15.9 Å². The van der Waals surface area contributed by atoms with Gasteiger partial charge in [-0.05, 0) is 62.0 Å². The molecule has 0 aliphatic carbocycles. The first-order chi connectivity index (χ1) is 7.25. The Kier molecular flexibility index (Phi) is 3.65. The van der Waals surface area contributed by atoms with Crippen molar-refractivity contribution in [1.82, 2.24) is 5.32 Å². The highest BCUT2D eigenvalue weighted by Gasteiger charge is 2.14. The van der Waals surface area contributed by atoms with Gasteiger partial charge in [-0.2, -0.15) is 0 Å². The SMILES string of the molecule is Oc1ccc(Br)cc1CCC1CCNC1. The Morgan fingerprint density at radius 3 is 3.07 bits per heavy atom. The summed E-state index contributed by atoms with van der Waals surface area (Å²) in [5.41, 5.74) is 1.05. The van der Waals surface area contributed by atoms with Crippen LogP contribution in [0.4, 0.5) is 0 Å². The lowest BCUT2D eigenvalue weighted by molar-refractivity contribution is 0.460. The van der Waals surface area contributed by atoms with Gasteiger partial charge in [0.25, 0.3) is 0 Å². The summed E-state index contributed by atoms with van der Waals surface area (Å²) < 4.78 is 1.04. The number of hydrogen-bond acceptors (Lipinski definition) is 2. The summed E-state index contributed by atoms with van der Waals surface area (Å²) in [5.74, 6) is 1.20. The Morgan fingerprint density at radius 1 is 1.47 bits per heavy atom. The molecule has 1 heterocycles. The minimum Gasteiger partial charge on any atom is -0.508 e. The number of aryl methyl sites for hydroxylation is 1. The van der Waals surface area contributed by atoms with Crippen molar-refractivity contribution in [2.24, 2.45) is 5.92 Å². The summed E-state index contributed by atoms with van der Waals surface area (Å²) >= 11 is 3.43. The minimum absolute atomic E-state index is 0.421. The van der Waals surface area contributed by atoms with Crippen LogP contribution in [0, 0.1) is 5.92 Å². The van der Waals surface area contributed by atoms with Gasteiger partial charge in [0.15, 0.2) is 0 Å². The molecular weight excluding hydrogens is 254 g/mol.